The van der Waals surface area contributed by atoms with Gasteiger partial charge in [-0.3, -0.25) is 4.79 Å². The van der Waals surface area contributed by atoms with Crippen LogP contribution >= 0.6 is 23.7 Å². The highest BCUT2D eigenvalue weighted by Gasteiger charge is 2.18. The lowest BCUT2D eigenvalue weighted by Crippen LogP contribution is -2.34. The Morgan fingerprint density at radius 1 is 1.48 bits per heavy atom. The monoisotopic (exact) mass is 329 g/mol. The van der Waals surface area contributed by atoms with E-state index in [1.807, 2.05) is 32.0 Å². The van der Waals surface area contributed by atoms with E-state index in [1.54, 1.807) is 6.92 Å². The first kappa shape index (κ1) is 17.7. The van der Waals surface area contributed by atoms with Gasteiger partial charge in [-0.25, -0.2) is 4.98 Å². The standard InChI is InChI=1S/C14H19N3O2S.ClH/c1-4-19-10-5-6-11-12(7-10)20-14(16-11)17-13(18)8(2)9(3)15;/h5-9H,4,15H2,1-3H3,(H,16,17,18);1H. The summed E-state index contributed by atoms with van der Waals surface area (Å²) in [5.74, 6) is 0.454. The summed E-state index contributed by atoms with van der Waals surface area (Å²) in [6.45, 7) is 6.19. The maximum atomic E-state index is 12.0. The van der Waals surface area contributed by atoms with E-state index in [4.69, 9.17) is 10.5 Å². The molecule has 0 fully saturated rings. The Labute approximate surface area is 134 Å². The first-order valence-corrected chi connectivity index (χ1v) is 7.42. The van der Waals surface area contributed by atoms with Crippen molar-refractivity contribution in [3.8, 4) is 5.75 Å². The van der Waals surface area contributed by atoms with Crippen LogP contribution in [-0.2, 0) is 4.79 Å². The largest absolute Gasteiger partial charge is 0.494 e. The molecule has 0 saturated carbocycles. The average molecular weight is 330 g/mol. The molecule has 0 aliphatic heterocycles. The molecule has 21 heavy (non-hydrogen) atoms. The Kier molecular flexibility index (Phi) is 6.39. The van der Waals surface area contributed by atoms with Gasteiger partial charge in [0, 0.05) is 6.04 Å². The third-order valence-electron chi connectivity index (χ3n) is 3.10. The molecule has 116 valence electrons. The zero-order valence-electron chi connectivity index (χ0n) is 12.3. The van der Waals surface area contributed by atoms with Gasteiger partial charge in [0.2, 0.25) is 5.91 Å². The van der Waals surface area contributed by atoms with E-state index in [9.17, 15) is 4.79 Å². The molecule has 3 N–H and O–H groups in total. The van der Waals surface area contributed by atoms with Gasteiger partial charge in [0.05, 0.1) is 22.7 Å². The Hall–Kier alpha value is -1.37. The second-order valence-electron chi connectivity index (χ2n) is 4.72. The number of hydrogen-bond acceptors (Lipinski definition) is 5. The summed E-state index contributed by atoms with van der Waals surface area (Å²) in [6.07, 6.45) is 0. The molecule has 2 aromatic rings. The zero-order valence-corrected chi connectivity index (χ0v) is 13.9. The lowest BCUT2D eigenvalue weighted by atomic mass is 10.0. The van der Waals surface area contributed by atoms with Gasteiger partial charge in [0.15, 0.2) is 5.13 Å². The predicted molar refractivity (Wildman–Crippen MR) is 89.5 cm³/mol. The van der Waals surface area contributed by atoms with Gasteiger partial charge in [-0.15, -0.1) is 12.4 Å². The highest BCUT2D eigenvalue weighted by Crippen LogP contribution is 2.29. The quantitative estimate of drug-likeness (QED) is 0.883. The summed E-state index contributed by atoms with van der Waals surface area (Å²) in [6, 6.07) is 5.51. The Morgan fingerprint density at radius 2 is 2.19 bits per heavy atom. The number of benzene rings is 1. The molecule has 1 heterocycles. The van der Waals surface area contributed by atoms with Gasteiger partial charge in [-0.05, 0) is 32.0 Å². The minimum absolute atomic E-state index is 0. The Bertz CT molecular complexity index is 615. The molecular weight excluding hydrogens is 310 g/mol. The molecule has 1 aromatic heterocycles. The number of carbonyl (C=O) groups is 1. The molecule has 0 spiro atoms. The number of carbonyl (C=O) groups excluding carboxylic acids is 1. The van der Waals surface area contributed by atoms with E-state index in [0.29, 0.717) is 11.7 Å². The third kappa shape index (κ3) is 4.30. The van der Waals surface area contributed by atoms with E-state index in [2.05, 4.69) is 10.3 Å². The molecule has 0 radical (unpaired) electrons. The molecule has 0 aliphatic rings. The van der Waals surface area contributed by atoms with Gasteiger partial charge in [0.25, 0.3) is 0 Å². The van der Waals surface area contributed by atoms with Crippen LogP contribution in [0.15, 0.2) is 18.2 Å². The molecule has 2 rings (SSSR count). The summed E-state index contributed by atoms with van der Waals surface area (Å²) in [5, 5.41) is 3.40. The fourth-order valence-corrected chi connectivity index (χ4v) is 2.57. The summed E-state index contributed by atoms with van der Waals surface area (Å²) in [7, 11) is 0. The molecule has 2 unspecified atom stereocenters. The molecule has 0 saturated heterocycles. The van der Waals surface area contributed by atoms with Crippen LogP contribution < -0.4 is 15.8 Å². The van der Waals surface area contributed by atoms with Crippen molar-refractivity contribution in [1.29, 1.82) is 0 Å². The van der Waals surface area contributed by atoms with Crippen LogP contribution in [0.4, 0.5) is 5.13 Å². The number of nitrogens with one attached hydrogen (secondary N) is 1. The van der Waals surface area contributed by atoms with Crippen molar-refractivity contribution < 1.29 is 9.53 Å². The first-order valence-electron chi connectivity index (χ1n) is 6.61. The molecule has 0 bridgehead atoms. The summed E-state index contributed by atoms with van der Waals surface area (Å²) < 4.78 is 6.43. The number of nitrogens with zero attached hydrogens (tertiary/aromatic N) is 1. The number of anilines is 1. The fraction of sp³-hybridized carbons (Fsp3) is 0.429. The number of aromatic nitrogens is 1. The van der Waals surface area contributed by atoms with Crippen molar-refractivity contribution in [1.82, 2.24) is 4.98 Å². The van der Waals surface area contributed by atoms with E-state index in [0.717, 1.165) is 16.0 Å². The predicted octanol–water partition coefficient (Wildman–Crippen LogP) is 3.04. The molecule has 1 amide bonds. The van der Waals surface area contributed by atoms with Crippen molar-refractivity contribution in [2.24, 2.45) is 11.7 Å². The van der Waals surface area contributed by atoms with Crippen LogP contribution in [0.1, 0.15) is 20.8 Å². The molecule has 1 aromatic carbocycles. The SMILES string of the molecule is CCOc1ccc2nc(NC(=O)C(C)C(C)N)sc2c1.Cl. The normalized spacial score (nSPS) is 13.3. The van der Waals surface area contributed by atoms with Crippen molar-refractivity contribution >= 4 is 45.0 Å². The van der Waals surface area contributed by atoms with E-state index < -0.39 is 0 Å². The number of amides is 1. The van der Waals surface area contributed by atoms with E-state index in [1.165, 1.54) is 11.3 Å². The first-order chi connectivity index (χ1) is 9.51. The number of rotatable bonds is 5. The van der Waals surface area contributed by atoms with Crippen molar-refractivity contribution in [2.75, 3.05) is 11.9 Å². The van der Waals surface area contributed by atoms with Gasteiger partial charge < -0.3 is 15.8 Å². The van der Waals surface area contributed by atoms with Gasteiger partial charge in [-0.2, -0.15) is 0 Å². The van der Waals surface area contributed by atoms with E-state index in [-0.39, 0.29) is 30.3 Å². The zero-order chi connectivity index (χ0) is 14.7. The Morgan fingerprint density at radius 3 is 2.81 bits per heavy atom. The minimum Gasteiger partial charge on any atom is -0.494 e. The number of halogens is 1. The van der Waals surface area contributed by atoms with Gasteiger partial charge in [-0.1, -0.05) is 18.3 Å². The fourth-order valence-electron chi connectivity index (χ4n) is 1.67. The highest BCUT2D eigenvalue weighted by atomic mass is 35.5. The van der Waals surface area contributed by atoms with Crippen LogP contribution in [0.5, 0.6) is 5.75 Å². The maximum Gasteiger partial charge on any atom is 0.230 e. The van der Waals surface area contributed by atoms with Gasteiger partial charge in [0.1, 0.15) is 5.75 Å². The van der Waals surface area contributed by atoms with Crippen LogP contribution in [0.2, 0.25) is 0 Å². The van der Waals surface area contributed by atoms with Crippen LogP contribution in [0, 0.1) is 5.92 Å². The van der Waals surface area contributed by atoms with Crippen molar-refractivity contribution in [3.63, 3.8) is 0 Å². The smallest absolute Gasteiger partial charge is 0.230 e. The second kappa shape index (κ2) is 7.59. The van der Waals surface area contributed by atoms with Gasteiger partial charge >= 0.3 is 0 Å². The highest BCUT2D eigenvalue weighted by molar-refractivity contribution is 7.22. The maximum absolute atomic E-state index is 12.0. The Balaban J connectivity index is 0.00000220. The number of fused-ring (bicyclic) bond motifs is 1. The van der Waals surface area contributed by atoms with Crippen molar-refractivity contribution in [3.05, 3.63) is 18.2 Å². The lowest BCUT2D eigenvalue weighted by Gasteiger charge is -2.13. The third-order valence-corrected chi connectivity index (χ3v) is 4.04. The number of nitrogens with two attached hydrogens (primary N) is 1. The summed E-state index contributed by atoms with van der Waals surface area (Å²) in [5.41, 5.74) is 6.57. The molecule has 2 atom stereocenters. The summed E-state index contributed by atoms with van der Waals surface area (Å²) in [4.78, 5) is 16.3. The topological polar surface area (TPSA) is 77.2 Å². The van der Waals surface area contributed by atoms with E-state index >= 15 is 0 Å². The second-order valence-corrected chi connectivity index (χ2v) is 5.75. The number of hydrogen-bond donors (Lipinski definition) is 2. The van der Waals surface area contributed by atoms with Crippen LogP contribution in [-0.4, -0.2) is 23.5 Å². The van der Waals surface area contributed by atoms with Crippen molar-refractivity contribution in [2.45, 2.75) is 26.8 Å². The molecule has 0 aliphatic carbocycles. The average Bonchev–Trinajstić information content (AvgIpc) is 2.79. The number of ether oxygens (including phenoxy) is 1. The molecule has 7 heteroatoms. The van der Waals surface area contributed by atoms with Crippen LogP contribution in [0.25, 0.3) is 10.2 Å². The molecular formula is C14H20ClN3O2S. The summed E-state index contributed by atoms with van der Waals surface area (Å²) >= 11 is 1.43. The van der Waals surface area contributed by atoms with Crippen LogP contribution in [0.3, 0.4) is 0 Å². The number of thiazole rings is 1. The molecule has 5 nitrogen and oxygen atoms in total. The minimum atomic E-state index is -0.249. The lowest BCUT2D eigenvalue weighted by molar-refractivity contribution is -0.119.